The zero-order valence-electron chi connectivity index (χ0n) is 9.03. The fraction of sp³-hybridized carbons (Fsp3) is 0.400. The summed E-state index contributed by atoms with van der Waals surface area (Å²) >= 11 is 11.4. The number of hydrogen-bond donors (Lipinski definition) is 1. The maximum absolute atomic E-state index is 13.0. The Hall–Kier alpha value is -0.490. The molecule has 0 aliphatic rings. The molecule has 0 spiro atoms. The zero-order valence-corrected chi connectivity index (χ0v) is 10.5. The van der Waals surface area contributed by atoms with Crippen LogP contribution in [0.1, 0.15) is 12.5 Å². The predicted octanol–water partition coefficient (Wildman–Crippen LogP) is 3.92. The molecule has 0 aliphatic carbocycles. The zero-order chi connectivity index (χ0) is 13.3. The van der Waals surface area contributed by atoms with Crippen LogP contribution in [0.25, 0.3) is 0 Å². The largest absolute Gasteiger partial charge is 0.423 e. The van der Waals surface area contributed by atoms with Gasteiger partial charge in [-0.05, 0) is 30.7 Å². The molecular formula is C10H10Cl2F3NO. The van der Waals surface area contributed by atoms with Crippen molar-refractivity contribution in [2.75, 3.05) is 7.05 Å². The first-order chi connectivity index (χ1) is 7.70. The third-order valence-corrected chi connectivity index (χ3v) is 2.70. The highest BCUT2D eigenvalue weighted by Gasteiger charge is 2.54. The van der Waals surface area contributed by atoms with Crippen LogP contribution in [0.3, 0.4) is 0 Å². The van der Waals surface area contributed by atoms with E-state index in [1.807, 2.05) is 5.48 Å². The van der Waals surface area contributed by atoms with Gasteiger partial charge in [0.05, 0.1) is 0 Å². The number of rotatable bonds is 3. The normalized spacial score (nSPS) is 15.7. The summed E-state index contributed by atoms with van der Waals surface area (Å²) in [5, 5.41) is 0.227. The van der Waals surface area contributed by atoms with E-state index < -0.39 is 11.8 Å². The molecule has 0 saturated heterocycles. The van der Waals surface area contributed by atoms with E-state index in [0.717, 1.165) is 19.1 Å². The van der Waals surface area contributed by atoms with Gasteiger partial charge in [-0.25, -0.2) is 5.48 Å². The maximum Gasteiger partial charge on any atom is 0.423 e. The van der Waals surface area contributed by atoms with Crippen molar-refractivity contribution in [1.29, 1.82) is 0 Å². The van der Waals surface area contributed by atoms with Crippen LogP contribution in [0.5, 0.6) is 0 Å². The van der Waals surface area contributed by atoms with Crippen LogP contribution >= 0.6 is 23.2 Å². The fourth-order valence-corrected chi connectivity index (χ4v) is 1.84. The molecule has 1 rings (SSSR count). The number of hydroxylamine groups is 1. The van der Waals surface area contributed by atoms with E-state index in [1.54, 1.807) is 0 Å². The Labute approximate surface area is 107 Å². The average molecular weight is 288 g/mol. The van der Waals surface area contributed by atoms with Crippen LogP contribution in [0, 0.1) is 0 Å². The molecule has 0 aliphatic heterocycles. The third-order valence-electron chi connectivity index (χ3n) is 2.26. The highest BCUT2D eigenvalue weighted by Crippen LogP contribution is 2.42. The Bertz CT molecular complexity index is 391. The summed E-state index contributed by atoms with van der Waals surface area (Å²) in [5.74, 6) is 0. The lowest BCUT2D eigenvalue weighted by Crippen LogP contribution is -2.44. The minimum Gasteiger partial charge on any atom is -0.281 e. The summed E-state index contributed by atoms with van der Waals surface area (Å²) in [7, 11) is 1.25. The van der Waals surface area contributed by atoms with Crippen LogP contribution in [-0.2, 0) is 10.4 Å². The predicted molar refractivity (Wildman–Crippen MR) is 60.0 cm³/mol. The number of nitrogens with one attached hydrogen (secondary N) is 1. The van der Waals surface area contributed by atoms with Crippen LogP contribution < -0.4 is 5.48 Å². The van der Waals surface area contributed by atoms with Crippen molar-refractivity contribution >= 4 is 23.2 Å². The van der Waals surface area contributed by atoms with E-state index in [9.17, 15) is 13.2 Å². The lowest BCUT2D eigenvalue weighted by molar-refractivity contribution is -0.294. The van der Waals surface area contributed by atoms with Crippen molar-refractivity contribution in [2.24, 2.45) is 0 Å². The van der Waals surface area contributed by atoms with Crippen molar-refractivity contribution in [3.05, 3.63) is 33.8 Å². The standard InChI is InChI=1S/C10H10Cl2F3NO/c1-9(17-16-2,10(13,14)15)6-3-7(11)5-8(12)4-6/h3-5,16H,1-2H3. The monoisotopic (exact) mass is 287 g/mol. The number of benzene rings is 1. The molecule has 0 fully saturated rings. The minimum atomic E-state index is -4.61. The second kappa shape index (κ2) is 5.02. The molecule has 1 aromatic rings. The van der Waals surface area contributed by atoms with Gasteiger partial charge in [0.25, 0.3) is 0 Å². The molecule has 2 nitrogen and oxygen atoms in total. The van der Waals surface area contributed by atoms with Gasteiger partial charge < -0.3 is 0 Å². The van der Waals surface area contributed by atoms with Crippen LogP contribution in [-0.4, -0.2) is 13.2 Å². The number of halogens is 5. The number of alkyl halides is 3. The maximum atomic E-state index is 13.0. The summed E-state index contributed by atoms with van der Waals surface area (Å²) in [6.45, 7) is 0.894. The lowest BCUT2D eigenvalue weighted by Gasteiger charge is -2.31. The van der Waals surface area contributed by atoms with Crippen molar-refractivity contribution in [3.63, 3.8) is 0 Å². The summed E-state index contributed by atoms with van der Waals surface area (Å²) in [6, 6.07) is 3.68. The molecule has 17 heavy (non-hydrogen) atoms. The molecule has 96 valence electrons. The second-order valence-corrected chi connectivity index (χ2v) is 4.37. The van der Waals surface area contributed by atoms with Gasteiger partial charge in [-0.1, -0.05) is 23.2 Å². The van der Waals surface area contributed by atoms with E-state index in [0.29, 0.717) is 0 Å². The molecule has 0 saturated carbocycles. The molecule has 0 heterocycles. The van der Waals surface area contributed by atoms with E-state index in [2.05, 4.69) is 4.84 Å². The SMILES string of the molecule is CNOC(C)(c1cc(Cl)cc(Cl)c1)C(F)(F)F. The lowest BCUT2D eigenvalue weighted by atomic mass is 9.95. The smallest absolute Gasteiger partial charge is 0.281 e. The average Bonchev–Trinajstić information content (AvgIpc) is 2.14. The Morgan fingerprint density at radius 2 is 1.59 bits per heavy atom. The van der Waals surface area contributed by atoms with Crippen molar-refractivity contribution < 1.29 is 18.0 Å². The number of hydrogen-bond acceptors (Lipinski definition) is 2. The van der Waals surface area contributed by atoms with E-state index >= 15 is 0 Å². The van der Waals surface area contributed by atoms with Crippen molar-refractivity contribution in [2.45, 2.75) is 18.7 Å². The van der Waals surface area contributed by atoms with Crippen LogP contribution in [0.2, 0.25) is 10.0 Å². The van der Waals surface area contributed by atoms with Gasteiger partial charge in [-0.3, -0.25) is 4.84 Å². The van der Waals surface area contributed by atoms with Gasteiger partial charge in [-0.2, -0.15) is 13.2 Å². The molecule has 1 aromatic carbocycles. The van der Waals surface area contributed by atoms with E-state index in [-0.39, 0.29) is 15.6 Å². The van der Waals surface area contributed by atoms with Crippen LogP contribution in [0.4, 0.5) is 13.2 Å². The van der Waals surface area contributed by atoms with Crippen molar-refractivity contribution in [3.8, 4) is 0 Å². The molecule has 1 unspecified atom stereocenters. The highest BCUT2D eigenvalue weighted by molar-refractivity contribution is 6.34. The highest BCUT2D eigenvalue weighted by atomic mass is 35.5. The molecule has 0 bridgehead atoms. The molecule has 0 amide bonds. The summed E-state index contributed by atoms with van der Waals surface area (Å²) < 4.78 is 39.0. The van der Waals surface area contributed by atoms with Gasteiger partial charge in [0.2, 0.25) is 5.60 Å². The van der Waals surface area contributed by atoms with Gasteiger partial charge in [-0.15, -0.1) is 0 Å². The minimum absolute atomic E-state index is 0.114. The summed E-state index contributed by atoms with van der Waals surface area (Å²) in [5.41, 5.74) is -0.641. The van der Waals surface area contributed by atoms with Gasteiger partial charge in [0.1, 0.15) is 0 Å². The summed E-state index contributed by atoms with van der Waals surface area (Å²) in [4.78, 5) is 4.60. The van der Waals surface area contributed by atoms with Gasteiger partial charge >= 0.3 is 6.18 Å². The first kappa shape index (κ1) is 14.6. The van der Waals surface area contributed by atoms with Crippen LogP contribution in [0.15, 0.2) is 18.2 Å². The molecule has 1 atom stereocenters. The van der Waals surface area contributed by atoms with E-state index in [1.165, 1.54) is 13.1 Å². The first-order valence-corrected chi connectivity index (χ1v) is 5.34. The molecule has 0 radical (unpaired) electrons. The second-order valence-electron chi connectivity index (χ2n) is 3.50. The molecular weight excluding hydrogens is 278 g/mol. The Morgan fingerprint density at radius 3 is 1.94 bits per heavy atom. The van der Waals surface area contributed by atoms with Crippen molar-refractivity contribution in [1.82, 2.24) is 5.48 Å². The third kappa shape index (κ3) is 3.04. The molecule has 1 N–H and O–H groups in total. The van der Waals surface area contributed by atoms with Gasteiger partial charge in [0.15, 0.2) is 0 Å². The quantitative estimate of drug-likeness (QED) is 0.851. The molecule has 0 aromatic heterocycles. The Kier molecular flexibility index (Phi) is 4.30. The van der Waals surface area contributed by atoms with E-state index in [4.69, 9.17) is 23.2 Å². The molecule has 7 heteroatoms. The summed E-state index contributed by atoms with van der Waals surface area (Å²) in [6.07, 6.45) is -4.61. The topological polar surface area (TPSA) is 21.3 Å². The Morgan fingerprint density at radius 1 is 1.12 bits per heavy atom. The first-order valence-electron chi connectivity index (χ1n) is 4.59. The van der Waals surface area contributed by atoms with Gasteiger partial charge in [0, 0.05) is 17.1 Å². The fourth-order valence-electron chi connectivity index (χ4n) is 1.31. The Balaban J connectivity index is 3.32.